The summed E-state index contributed by atoms with van der Waals surface area (Å²) in [7, 11) is 0. The molecule has 0 spiro atoms. The van der Waals surface area contributed by atoms with Gasteiger partial charge < -0.3 is 114 Å². The Morgan fingerprint density at radius 3 is 1.80 bits per heavy atom. The standard InChI is InChI=1S/C52H88O23/c1-21(2)9-8-12-52(7,75-47-42(67)38(63)36(61)31(72-47)20-69-45-40(65)33(58)28(57)19-68-45)24-11-14-51(6)32(24)26(55)16-25-22-15-27(56)44(49(3,4)23(22)10-13-50(25,51)5)74-48-43(39(64)35(60)30(18-54)71-48)73-46-41(66)37(62)34(59)29(17-53)70-46/h9,22-48,53-67H,8,10-20H2,1-7H3/t22-,23+,24+,25-,26-,27+,28-,29-,30-,31-,32+,33+,34-,35-,36-,37+,38+,39+,40-,41-,42-,43-,44-,45-,46+,47+,48+,50-,51-,52+/m1/s1. The molecule has 0 unspecified atom stereocenters. The highest BCUT2D eigenvalue weighted by atomic mass is 16.8. The summed E-state index contributed by atoms with van der Waals surface area (Å²) in [4.78, 5) is 0. The predicted molar refractivity (Wildman–Crippen MR) is 257 cm³/mol. The number of hydrogen-bond acceptors (Lipinski definition) is 23. The van der Waals surface area contributed by atoms with E-state index in [1.165, 1.54) is 0 Å². The molecule has 75 heavy (non-hydrogen) atoms. The highest BCUT2D eigenvalue weighted by Gasteiger charge is 2.70. The predicted octanol–water partition coefficient (Wildman–Crippen LogP) is -2.98. The largest absolute Gasteiger partial charge is 0.394 e. The first-order chi connectivity index (χ1) is 35.1. The molecule has 4 saturated carbocycles. The monoisotopic (exact) mass is 1080 g/mol. The zero-order valence-electron chi connectivity index (χ0n) is 44.1. The summed E-state index contributed by atoms with van der Waals surface area (Å²) in [5.41, 5.74) is -1.62. The van der Waals surface area contributed by atoms with E-state index < -0.39 is 171 Å². The Morgan fingerprint density at radius 1 is 0.587 bits per heavy atom. The van der Waals surface area contributed by atoms with E-state index in [0.29, 0.717) is 38.5 Å². The minimum Gasteiger partial charge on any atom is -0.394 e. The maximum absolute atomic E-state index is 12.7. The molecule has 4 heterocycles. The normalized spacial score (nSPS) is 52.7. The maximum Gasteiger partial charge on any atom is 0.187 e. The molecule has 4 aliphatic carbocycles. The first kappa shape index (κ1) is 59.9. The van der Waals surface area contributed by atoms with Crippen LogP contribution in [-0.4, -0.2) is 244 Å². The molecule has 15 N–H and O–H groups in total. The van der Waals surface area contributed by atoms with E-state index in [1.54, 1.807) is 0 Å². The van der Waals surface area contributed by atoms with Crippen LogP contribution in [0.15, 0.2) is 11.6 Å². The molecule has 8 fully saturated rings. The average molecular weight is 1080 g/mol. The molecule has 0 aromatic rings. The molecule has 0 aromatic heterocycles. The van der Waals surface area contributed by atoms with E-state index >= 15 is 0 Å². The highest BCUT2D eigenvalue weighted by molar-refractivity contribution is 5.19. The Balaban J connectivity index is 1.01. The van der Waals surface area contributed by atoms with Crippen LogP contribution in [0, 0.1) is 45.8 Å². The minimum absolute atomic E-state index is 0.0696. The number of ether oxygens (including phenoxy) is 8. The molecule has 23 nitrogen and oxygen atoms in total. The fourth-order valence-electron chi connectivity index (χ4n) is 15.4. The van der Waals surface area contributed by atoms with Gasteiger partial charge in [-0.3, -0.25) is 0 Å². The SMILES string of the molecule is CC(C)=CCC[C@](C)(O[C@@H]1O[C@H](CO[C@H]2OC[C@@H](O)[C@H](O)[C@H]2O)[C@@H](O)[C@H](O)[C@H]1O)[C@H]1CC[C@]2(C)[C@@H]1[C@H](O)C[C@@H]1[C@@H]3C[C@H](O)[C@@H](O[C@@H]4O[C@H](CO)[C@@H](O)[C@H](O)[C@H]4O[C@@H]4O[C@H](CO)[C@@H](O)[C@H](O)[C@H]4O)C(C)(C)[C@H]3CC[C@]12C. The second-order valence-electron chi connectivity index (χ2n) is 24.8. The molecule has 0 radical (unpaired) electrons. The Labute approximate surface area is 437 Å². The van der Waals surface area contributed by atoms with Crippen LogP contribution in [0.25, 0.3) is 0 Å². The summed E-state index contributed by atoms with van der Waals surface area (Å²) in [5.74, 6) is -0.838. The lowest BCUT2D eigenvalue weighted by Crippen LogP contribution is -2.67. The van der Waals surface area contributed by atoms with E-state index in [2.05, 4.69) is 19.9 Å². The van der Waals surface area contributed by atoms with Crippen molar-refractivity contribution in [2.45, 2.75) is 240 Å². The quantitative estimate of drug-likeness (QED) is 0.0575. The summed E-state index contributed by atoms with van der Waals surface area (Å²) in [5, 5.41) is 163. The van der Waals surface area contributed by atoms with Crippen LogP contribution in [0.1, 0.15) is 99.8 Å². The fourth-order valence-corrected chi connectivity index (χ4v) is 15.4. The fraction of sp³-hybridized carbons (Fsp3) is 0.962. The second kappa shape index (κ2) is 23.0. The summed E-state index contributed by atoms with van der Waals surface area (Å²) in [6, 6.07) is 0. The lowest BCUT2D eigenvalue weighted by Gasteiger charge is -2.67. The molecular formula is C52H88O23. The van der Waals surface area contributed by atoms with Crippen molar-refractivity contribution in [1.82, 2.24) is 0 Å². The van der Waals surface area contributed by atoms with E-state index in [0.717, 1.165) is 12.0 Å². The Kier molecular flexibility index (Phi) is 18.4. The second-order valence-corrected chi connectivity index (χ2v) is 24.8. The number of aliphatic hydroxyl groups is 15. The van der Waals surface area contributed by atoms with Crippen molar-refractivity contribution in [1.29, 1.82) is 0 Å². The van der Waals surface area contributed by atoms with Gasteiger partial charge in [-0.1, -0.05) is 39.3 Å². The number of hydrogen-bond donors (Lipinski definition) is 15. The molecule has 8 rings (SSSR count). The van der Waals surface area contributed by atoms with Gasteiger partial charge in [0.2, 0.25) is 0 Å². The molecule has 4 aliphatic heterocycles. The van der Waals surface area contributed by atoms with Crippen molar-refractivity contribution in [3.63, 3.8) is 0 Å². The molecule has 30 atom stereocenters. The first-order valence-electron chi connectivity index (χ1n) is 27.0. The summed E-state index contributed by atoms with van der Waals surface area (Å²) in [6.07, 6.45) is -26.5. The molecule has 0 aromatic carbocycles. The van der Waals surface area contributed by atoms with Gasteiger partial charge in [0.15, 0.2) is 25.2 Å². The van der Waals surface area contributed by atoms with Crippen molar-refractivity contribution in [2.24, 2.45) is 45.8 Å². The Morgan fingerprint density at radius 2 is 1.16 bits per heavy atom. The highest BCUT2D eigenvalue weighted by Crippen LogP contribution is 2.73. The van der Waals surface area contributed by atoms with Crippen LogP contribution in [0.3, 0.4) is 0 Å². The number of aliphatic hydroxyl groups excluding tert-OH is 15. The molecule has 0 amide bonds. The molecular weight excluding hydrogens is 993 g/mol. The maximum atomic E-state index is 12.7. The van der Waals surface area contributed by atoms with E-state index in [-0.39, 0.29) is 48.0 Å². The lowest BCUT2D eigenvalue weighted by molar-refractivity contribution is -0.381. The van der Waals surface area contributed by atoms with Crippen LogP contribution < -0.4 is 0 Å². The van der Waals surface area contributed by atoms with Gasteiger partial charge in [0.25, 0.3) is 0 Å². The van der Waals surface area contributed by atoms with Gasteiger partial charge in [0, 0.05) is 0 Å². The van der Waals surface area contributed by atoms with Crippen molar-refractivity contribution in [2.75, 3.05) is 26.4 Å². The van der Waals surface area contributed by atoms with Crippen LogP contribution in [0.2, 0.25) is 0 Å². The average Bonchev–Trinajstić information content (AvgIpc) is 3.75. The number of allylic oxidation sites excluding steroid dienone is 2. The molecule has 4 saturated heterocycles. The Hall–Kier alpha value is -1.18. The molecule has 8 aliphatic rings. The van der Waals surface area contributed by atoms with Gasteiger partial charge in [-0.05, 0) is 118 Å². The van der Waals surface area contributed by atoms with Gasteiger partial charge in [0.1, 0.15) is 91.6 Å². The van der Waals surface area contributed by atoms with Crippen molar-refractivity contribution >= 4 is 0 Å². The molecule has 434 valence electrons. The van der Waals surface area contributed by atoms with Crippen LogP contribution >= 0.6 is 0 Å². The summed E-state index contributed by atoms with van der Waals surface area (Å²) < 4.78 is 48.3. The van der Waals surface area contributed by atoms with E-state index in [1.807, 2.05) is 34.6 Å². The lowest BCUT2D eigenvalue weighted by atomic mass is 9.38. The van der Waals surface area contributed by atoms with E-state index in [4.69, 9.17) is 37.9 Å². The van der Waals surface area contributed by atoms with Crippen LogP contribution in [0.4, 0.5) is 0 Å². The third-order valence-electron chi connectivity index (χ3n) is 19.9. The third kappa shape index (κ3) is 10.8. The van der Waals surface area contributed by atoms with Gasteiger partial charge in [-0.2, -0.15) is 0 Å². The zero-order chi connectivity index (χ0) is 55.0. The first-order valence-corrected chi connectivity index (χ1v) is 27.0. The smallest absolute Gasteiger partial charge is 0.187 e. The zero-order valence-corrected chi connectivity index (χ0v) is 44.1. The number of fused-ring (bicyclic) bond motifs is 5. The molecule has 23 heteroatoms. The summed E-state index contributed by atoms with van der Waals surface area (Å²) >= 11 is 0. The van der Waals surface area contributed by atoms with Crippen molar-refractivity contribution in [3.8, 4) is 0 Å². The Bertz CT molecular complexity index is 1930. The van der Waals surface area contributed by atoms with Crippen LogP contribution in [-0.2, 0) is 37.9 Å². The topological polar surface area (TPSA) is 377 Å². The van der Waals surface area contributed by atoms with Gasteiger partial charge in [-0.25, -0.2) is 0 Å². The van der Waals surface area contributed by atoms with Crippen LogP contribution in [0.5, 0.6) is 0 Å². The number of rotatable bonds is 15. The molecule has 0 bridgehead atoms. The minimum atomic E-state index is -1.86. The van der Waals surface area contributed by atoms with Crippen molar-refractivity contribution < 1.29 is 114 Å². The van der Waals surface area contributed by atoms with Gasteiger partial charge in [0.05, 0.1) is 50.3 Å². The summed E-state index contributed by atoms with van der Waals surface area (Å²) in [6.45, 7) is 12.2. The third-order valence-corrected chi connectivity index (χ3v) is 19.9. The van der Waals surface area contributed by atoms with Gasteiger partial charge in [-0.15, -0.1) is 0 Å². The van der Waals surface area contributed by atoms with E-state index in [9.17, 15) is 76.6 Å². The van der Waals surface area contributed by atoms with Gasteiger partial charge >= 0.3 is 0 Å². The van der Waals surface area contributed by atoms with Crippen molar-refractivity contribution in [3.05, 3.63) is 11.6 Å².